The van der Waals surface area contributed by atoms with Gasteiger partial charge in [0.25, 0.3) is 0 Å². The minimum Gasteiger partial charge on any atom is -0.308 e. The van der Waals surface area contributed by atoms with Gasteiger partial charge in [-0.15, -0.1) is 11.3 Å². The molecule has 2 aliphatic rings. The summed E-state index contributed by atoms with van der Waals surface area (Å²) in [5, 5.41) is 1.18. The summed E-state index contributed by atoms with van der Waals surface area (Å²) in [6.07, 6.45) is 8.57. The average Bonchev–Trinajstić information content (AvgIpc) is 3.16. The summed E-state index contributed by atoms with van der Waals surface area (Å²) in [6, 6.07) is 0. The number of hydrazine groups is 1. The third-order valence-electron chi connectivity index (χ3n) is 4.17. The van der Waals surface area contributed by atoms with Gasteiger partial charge >= 0.3 is 0 Å². The maximum atomic E-state index is 5.69. The van der Waals surface area contributed by atoms with Crippen LogP contribution in [0.5, 0.6) is 0 Å². The lowest BCUT2D eigenvalue weighted by Gasteiger charge is -2.11. The van der Waals surface area contributed by atoms with Crippen LogP contribution in [0.15, 0.2) is 0 Å². The number of fused-ring (bicyclic) bond motifs is 3. The average molecular weight is 274 g/mol. The highest BCUT2D eigenvalue weighted by atomic mass is 32.1. The van der Waals surface area contributed by atoms with E-state index in [1.807, 2.05) is 11.3 Å². The number of hydrogen-bond donors (Lipinski definition) is 2. The molecule has 0 aliphatic heterocycles. The first kappa shape index (κ1) is 11.6. The molecule has 3 N–H and O–H groups in total. The maximum absolute atomic E-state index is 5.69. The van der Waals surface area contributed by atoms with E-state index < -0.39 is 0 Å². The lowest BCUT2D eigenvalue weighted by atomic mass is 9.97. The molecule has 0 amide bonds. The van der Waals surface area contributed by atoms with E-state index in [1.54, 1.807) is 0 Å². The monoisotopic (exact) mass is 274 g/mol. The molecule has 0 bridgehead atoms. The van der Waals surface area contributed by atoms with E-state index in [1.165, 1.54) is 47.9 Å². The SMILES string of the molecule is NNc1nc(CC2CC2)nc2sc3c(c12)CCCC3. The number of nitrogens with two attached hydrogens (primary N) is 1. The Labute approximate surface area is 116 Å². The molecular formula is C14H18N4S. The van der Waals surface area contributed by atoms with Crippen LogP contribution in [0.2, 0.25) is 0 Å². The number of rotatable bonds is 3. The first-order valence-corrected chi connectivity index (χ1v) is 7.94. The number of aryl methyl sites for hydroxylation is 2. The number of thiophene rings is 1. The molecule has 2 aromatic rings. The summed E-state index contributed by atoms with van der Waals surface area (Å²) in [4.78, 5) is 12.0. The first-order chi connectivity index (χ1) is 9.35. The van der Waals surface area contributed by atoms with Crippen LogP contribution in [0, 0.1) is 5.92 Å². The van der Waals surface area contributed by atoms with Crippen LogP contribution in [0.1, 0.15) is 41.9 Å². The van der Waals surface area contributed by atoms with Crippen LogP contribution < -0.4 is 11.3 Å². The van der Waals surface area contributed by atoms with Crippen LogP contribution in [-0.4, -0.2) is 9.97 Å². The van der Waals surface area contributed by atoms with Gasteiger partial charge in [0, 0.05) is 11.3 Å². The van der Waals surface area contributed by atoms with Crippen LogP contribution >= 0.6 is 11.3 Å². The normalized spacial score (nSPS) is 18.6. The minimum atomic E-state index is 0.803. The standard InChI is InChI=1S/C14H18N4S/c15-18-13-12-9-3-1-2-4-10(9)19-14(12)17-11(16-13)7-8-5-6-8/h8H,1-7,15H2,(H,16,17,18). The zero-order valence-electron chi connectivity index (χ0n) is 10.9. The van der Waals surface area contributed by atoms with Gasteiger partial charge in [-0.3, -0.25) is 0 Å². The van der Waals surface area contributed by atoms with Gasteiger partial charge in [0.2, 0.25) is 0 Å². The predicted molar refractivity (Wildman–Crippen MR) is 78.3 cm³/mol. The molecule has 4 rings (SSSR count). The number of nitrogens with zero attached hydrogens (tertiary/aromatic N) is 2. The second-order valence-electron chi connectivity index (χ2n) is 5.67. The molecule has 1 fully saturated rings. The zero-order valence-corrected chi connectivity index (χ0v) is 11.7. The van der Waals surface area contributed by atoms with Crippen molar-refractivity contribution in [3.63, 3.8) is 0 Å². The van der Waals surface area contributed by atoms with Crippen molar-refractivity contribution in [2.45, 2.75) is 44.9 Å². The summed E-state index contributed by atoms with van der Waals surface area (Å²) in [5.41, 5.74) is 4.24. The summed E-state index contributed by atoms with van der Waals surface area (Å²) in [7, 11) is 0. The highest BCUT2D eigenvalue weighted by Gasteiger charge is 2.25. The molecule has 0 spiro atoms. The fraction of sp³-hybridized carbons (Fsp3) is 0.571. The molecule has 2 aromatic heterocycles. The molecule has 0 radical (unpaired) electrons. The Hall–Kier alpha value is -1.20. The van der Waals surface area contributed by atoms with Gasteiger partial charge in [0.1, 0.15) is 10.7 Å². The number of aromatic nitrogens is 2. The van der Waals surface area contributed by atoms with Crippen LogP contribution in [-0.2, 0) is 19.3 Å². The summed E-state index contributed by atoms with van der Waals surface area (Å²) >= 11 is 1.84. The van der Waals surface area contributed by atoms with Gasteiger partial charge < -0.3 is 5.43 Å². The quantitative estimate of drug-likeness (QED) is 0.667. The molecule has 2 heterocycles. The number of hydrogen-bond acceptors (Lipinski definition) is 5. The lowest BCUT2D eigenvalue weighted by molar-refractivity contribution is 0.700. The van der Waals surface area contributed by atoms with Crippen molar-refractivity contribution in [1.29, 1.82) is 0 Å². The number of nitrogen functional groups attached to an aromatic ring is 1. The molecule has 0 unspecified atom stereocenters. The molecule has 0 atom stereocenters. The fourth-order valence-electron chi connectivity index (χ4n) is 2.98. The van der Waals surface area contributed by atoms with Gasteiger partial charge in [0.15, 0.2) is 5.82 Å². The van der Waals surface area contributed by atoms with Crippen molar-refractivity contribution >= 4 is 27.4 Å². The second kappa shape index (κ2) is 4.42. The van der Waals surface area contributed by atoms with Gasteiger partial charge in [-0.25, -0.2) is 15.8 Å². The molecule has 5 heteroatoms. The summed E-state index contributed by atoms with van der Waals surface area (Å²) < 4.78 is 0. The van der Waals surface area contributed by atoms with Crippen LogP contribution in [0.4, 0.5) is 5.82 Å². The molecule has 2 aliphatic carbocycles. The zero-order chi connectivity index (χ0) is 12.8. The molecule has 1 saturated carbocycles. The third kappa shape index (κ3) is 2.01. The van der Waals surface area contributed by atoms with Gasteiger partial charge in [-0.05, 0) is 50.0 Å². The van der Waals surface area contributed by atoms with Crippen molar-refractivity contribution in [3.05, 3.63) is 16.3 Å². The van der Waals surface area contributed by atoms with Crippen molar-refractivity contribution < 1.29 is 0 Å². The number of anilines is 1. The maximum Gasteiger partial charge on any atom is 0.152 e. The van der Waals surface area contributed by atoms with Crippen LogP contribution in [0.3, 0.4) is 0 Å². The Morgan fingerprint density at radius 1 is 1.21 bits per heavy atom. The fourth-order valence-corrected chi connectivity index (χ4v) is 4.26. The van der Waals surface area contributed by atoms with E-state index in [4.69, 9.17) is 10.8 Å². The molecule has 0 aromatic carbocycles. The van der Waals surface area contributed by atoms with Crippen LogP contribution in [0.25, 0.3) is 10.2 Å². The topological polar surface area (TPSA) is 63.8 Å². The third-order valence-corrected chi connectivity index (χ3v) is 5.35. The highest BCUT2D eigenvalue weighted by Crippen LogP contribution is 2.39. The van der Waals surface area contributed by atoms with E-state index >= 15 is 0 Å². The predicted octanol–water partition coefficient (Wildman–Crippen LogP) is 2.81. The molecule has 4 nitrogen and oxygen atoms in total. The van der Waals surface area contributed by atoms with Crippen molar-refractivity contribution in [3.8, 4) is 0 Å². The Balaban J connectivity index is 1.86. The Bertz CT molecular complexity index is 630. The van der Waals surface area contributed by atoms with E-state index in [-0.39, 0.29) is 0 Å². The van der Waals surface area contributed by atoms with Gasteiger partial charge in [-0.1, -0.05) is 0 Å². The van der Waals surface area contributed by atoms with E-state index in [9.17, 15) is 0 Å². The second-order valence-corrected chi connectivity index (χ2v) is 6.75. The number of nitrogens with one attached hydrogen (secondary N) is 1. The minimum absolute atomic E-state index is 0.803. The van der Waals surface area contributed by atoms with Gasteiger partial charge in [0.05, 0.1) is 5.39 Å². The van der Waals surface area contributed by atoms with E-state index in [2.05, 4.69) is 10.4 Å². The Kier molecular flexibility index (Phi) is 2.70. The van der Waals surface area contributed by atoms with Crippen molar-refractivity contribution in [1.82, 2.24) is 9.97 Å². The molecule has 0 saturated heterocycles. The first-order valence-electron chi connectivity index (χ1n) is 7.13. The highest BCUT2D eigenvalue weighted by molar-refractivity contribution is 7.19. The van der Waals surface area contributed by atoms with Crippen molar-refractivity contribution in [2.24, 2.45) is 11.8 Å². The summed E-state index contributed by atoms with van der Waals surface area (Å²) in [6.45, 7) is 0. The Morgan fingerprint density at radius 2 is 2.05 bits per heavy atom. The van der Waals surface area contributed by atoms with Crippen molar-refractivity contribution in [2.75, 3.05) is 5.43 Å². The van der Waals surface area contributed by atoms with Gasteiger partial charge in [-0.2, -0.15) is 0 Å². The molecule has 19 heavy (non-hydrogen) atoms. The molecular weight excluding hydrogens is 256 g/mol. The van der Waals surface area contributed by atoms with E-state index in [0.717, 1.165) is 35.2 Å². The van der Waals surface area contributed by atoms with E-state index in [0.29, 0.717) is 0 Å². The largest absolute Gasteiger partial charge is 0.308 e. The lowest BCUT2D eigenvalue weighted by Crippen LogP contribution is -2.12. The molecule has 100 valence electrons. The smallest absolute Gasteiger partial charge is 0.152 e. The Morgan fingerprint density at radius 3 is 2.84 bits per heavy atom. The summed E-state index contributed by atoms with van der Waals surface area (Å²) in [5.74, 6) is 8.28.